The number of carboxylic acid groups (broad SMARTS) is 2. The van der Waals surface area contributed by atoms with Gasteiger partial charge < -0.3 is 30.6 Å². The Morgan fingerprint density at radius 2 is 1.36 bits per heavy atom. The summed E-state index contributed by atoms with van der Waals surface area (Å²) in [6.07, 6.45) is 3.69. The molecule has 0 aliphatic carbocycles. The first-order chi connectivity index (χ1) is 13.1. The number of hydrogen-bond acceptors (Lipinski definition) is 7. The maximum atomic E-state index is 12.6. The van der Waals surface area contributed by atoms with Crippen LogP contribution in [0, 0.1) is 0 Å². The van der Waals surface area contributed by atoms with Crippen molar-refractivity contribution in [2.24, 2.45) is 0 Å². The number of aliphatic carboxylic acids is 2. The monoisotopic (exact) mass is 388 g/mol. The molecule has 2 rings (SSSR count). The van der Waals surface area contributed by atoms with Crippen molar-refractivity contribution in [2.75, 3.05) is 0 Å². The van der Waals surface area contributed by atoms with Gasteiger partial charge in [-0.05, 0) is 18.2 Å². The van der Waals surface area contributed by atoms with Crippen LogP contribution in [0.3, 0.4) is 0 Å². The maximum Gasteiger partial charge on any atom is 0.327 e. The molecule has 0 aliphatic rings. The molecule has 0 heterocycles. The molecular weight excluding hydrogens is 372 g/mol. The number of hydrogen-bond donors (Lipinski definition) is 6. The third kappa shape index (κ3) is 4.04. The largest absolute Gasteiger partial charge is 0.504 e. The minimum Gasteiger partial charge on any atom is -0.504 e. The molecule has 9 heteroatoms. The molecule has 0 aromatic heterocycles. The van der Waals surface area contributed by atoms with Crippen LogP contribution in [0.15, 0.2) is 41.2 Å². The van der Waals surface area contributed by atoms with Crippen LogP contribution in [-0.4, -0.2) is 42.6 Å². The van der Waals surface area contributed by atoms with Crippen LogP contribution in [0.25, 0.3) is 10.8 Å². The van der Waals surface area contributed by atoms with Crippen molar-refractivity contribution in [3.63, 3.8) is 0 Å². The molecule has 0 amide bonds. The fraction of sp³-hybridized carbons (Fsp3) is 0.105. The summed E-state index contributed by atoms with van der Waals surface area (Å²) in [6.45, 7) is 0. The van der Waals surface area contributed by atoms with Gasteiger partial charge in [-0.1, -0.05) is 24.3 Å². The van der Waals surface area contributed by atoms with Gasteiger partial charge in [0.15, 0.2) is 17.2 Å². The third-order valence-corrected chi connectivity index (χ3v) is 3.94. The van der Waals surface area contributed by atoms with Crippen molar-refractivity contribution in [3.8, 4) is 23.0 Å². The number of aromatic hydroxyl groups is 4. The van der Waals surface area contributed by atoms with Crippen molar-refractivity contribution < 1.29 is 40.2 Å². The lowest BCUT2D eigenvalue weighted by Crippen LogP contribution is -2.01. The molecule has 0 bridgehead atoms. The van der Waals surface area contributed by atoms with Gasteiger partial charge in [0.2, 0.25) is 11.2 Å². The average molecular weight is 388 g/mol. The number of fused-ring (bicyclic) bond motifs is 1. The number of allylic oxidation sites excluding steroid dienone is 2. The van der Waals surface area contributed by atoms with E-state index >= 15 is 0 Å². The quantitative estimate of drug-likeness (QED) is 0.316. The number of rotatable bonds is 6. The van der Waals surface area contributed by atoms with Crippen molar-refractivity contribution in [2.45, 2.75) is 12.8 Å². The predicted octanol–water partition coefficient (Wildman–Crippen LogP) is 1.39. The SMILES string of the molecule is O=C(O)/C=C/Cc1ccc2c(C/C=C/C(=O)O)c(O)c(O)c(O)c2c(=O)c1O. The third-order valence-electron chi connectivity index (χ3n) is 3.94. The van der Waals surface area contributed by atoms with Gasteiger partial charge in [0, 0.05) is 23.3 Å². The minimum atomic E-state index is -1.24. The van der Waals surface area contributed by atoms with Gasteiger partial charge in [0.1, 0.15) is 0 Å². The van der Waals surface area contributed by atoms with Crippen LogP contribution >= 0.6 is 0 Å². The second-order valence-electron chi connectivity index (χ2n) is 5.74. The minimum absolute atomic E-state index is 0.0170. The van der Waals surface area contributed by atoms with E-state index in [4.69, 9.17) is 10.2 Å². The maximum absolute atomic E-state index is 12.6. The summed E-state index contributed by atoms with van der Waals surface area (Å²) in [5.41, 5.74) is -1.04. The fourth-order valence-electron chi connectivity index (χ4n) is 2.66. The van der Waals surface area contributed by atoms with Gasteiger partial charge in [0.25, 0.3) is 0 Å². The van der Waals surface area contributed by atoms with Crippen molar-refractivity contribution in [3.05, 3.63) is 57.8 Å². The van der Waals surface area contributed by atoms with E-state index in [1.807, 2.05) is 0 Å². The lowest BCUT2D eigenvalue weighted by Gasteiger charge is -2.09. The summed E-state index contributed by atoms with van der Waals surface area (Å²) >= 11 is 0. The van der Waals surface area contributed by atoms with Crippen LogP contribution in [0.4, 0.5) is 0 Å². The number of phenols is 3. The van der Waals surface area contributed by atoms with E-state index in [-0.39, 0.29) is 29.4 Å². The van der Waals surface area contributed by atoms with Gasteiger partial charge in [-0.25, -0.2) is 9.59 Å². The van der Waals surface area contributed by atoms with Crippen molar-refractivity contribution >= 4 is 22.7 Å². The van der Waals surface area contributed by atoms with Gasteiger partial charge in [-0.15, -0.1) is 0 Å². The summed E-state index contributed by atoms with van der Waals surface area (Å²) in [4.78, 5) is 33.8. The summed E-state index contributed by atoms with van der Waals surface area (Å²) in [7, 11) is 0. The molecule has 9 nitrogen and oxygen atoms in total. The number of carbonyl (C=O) groups is 2. The lowest BCUT2D eigenvalue weighted by molar-refractivity contribution is -0.132. The second-order valence-corrected chi connectivity index (χ2v) is 5.74. The summed E-state index contributed by atoms with van der Waals surface area (Å²) in [5.74, 6) is -5.89. The van der Waals surface area contributed by atoms with Gasteiger partial charge >= 0.3 is 11.9 Å². The van der Waals surface area contributed by atoms with E-state index in [1.165, 1.54) is 24.3 Å². The average Bonchev–Trinajstić information content (AvgIpc) is 2.74. The molecule has 6 N–H and O–H groups in total. The zero-order valence-corrected chi connectivity index (χ0v) is 14.3. The molecule has 0 radical (unpaired) electrons. The molecule has 0 fully saturated rings. The number of benzene rings is 1. The Morgan fingerprint density at radius 3 is 1.93 bits per heavy atom. The highest BCUT2D eigenvalue weighted by molar-refractivity contribution is 5.96. The Labute approximate surface area is 157 Å². The predicted molar refractivity (Wildman–Crippen MR) is 97.8 cm³/mol. The van der Waals surface area contributed by atoms with Crippen LogP contribution < -0.4 is 5.43 Å². The molecule has 0 atom stereocenters. The van der Waals surface area contributed by atoms with E-state index in [0.29, 0.717) is 0 Å². The molecule has 0 aliphatic heterocycles. The van der Waals surface area contributed by atoms with Gasteiger partial charge in [-0.3, -0.25) is 4.79 Å². The van der Waals surface area contributed by atoms with Crippen molar-refractivity contribution in [1.82, 2.24) is 0 Å². The van der Waals surface area contributed by atoms with Crippen LogP contribution in [0.5, 0.6) is 23.0 Å². The van der Waals surface area contributed by atoms with Gasteiger partial charge in [0.05, 0.1) is 5.39 Å². The van der Waals surface area contributed by atoms with Gasteiger partial charge in [-0.2, -0.15) is 0 Å². The second kappa shape index (κ2) is 8.12. The molecule has 0 saturated carbocycles. The zero-order valence-electron chi connectivity index (χ0n) is 14.3. The molecule has 146 valence electrons. The summed E-state index contributed by atoms with van der Waals surface area (Å²) in [5, 5.41) is 57.2. The Kier molecular flexibility index (Phi) is 5.89. The van der Waals surface area contributed by atoms with Crippen LogP contribution in [0.1, 0.15) is 11.1 Å². The van der Waals surface area contributed by atoms with E-state index in [2.05, 4.69) is 0 Å². The standard InChI is InChI=1S/C19H16O9/c20-12(21)5-1-3-9-7-8-10-11(4-2-6-13(22)23)16(25)19(28)18(27)14(10)17(26)15(9)24/h1-2,5-8,25,27-28H,3-4H2,(H,20,21)(H,22,23)(H,24,26)/b5-1+,6-2+. The molecule has 2 aromatic rings. The Balaban J connectivity index is 2.80. The van der Waals surface area contributed by atoms with Crippen molar-refractivity contribution in [1.29, 1.82) is 0 Å². The Bertz CT molecular complexity index is 1080. The zero-order chi connectivity index (χ0) is 21.0. The normalized spacial score (nSPS) is 11.4. The highest BCUT2D eigenvalue weighted by Crippen LogP contribution is 2.44. The first-order valence-corrected chi connectivity index (χ1v) is 7.88. The Morgan fingerprint density at radius 1 is 0.786 bits per heavy atom. The lowest BCUT2D eigenvalue weighted by atomic mass is 10.0. The highest BCUT2D eigenvalue weighted by atomic mass is 16.4. The Hall–Kier alpha value is -4.01. The molecule has 2 aromatic carbocycles. The van der Waals surface area contributed by atoms with E-state index in [1.54, 1.807) is 0 Å². The number of carboxylic acids is 2. The first kappa shape index (κ1) is 20.3. The smallest absolute Gasteiger partial charge is 0.327 e. The molecule has 0 unspecified atom stereocenters. The summed E-state index contributed by atoms with van der Waals surface area (Å²) in [6, 6.07) is 2.59. The fourth-order valence-corrected chi connectivity index (χ4v) is 2.66. The molecule has 0 spiro atoms. The topological polar surface area (TPSA) is 173 Å². The van der Waals surface area contributed by atoms with Crippen LogP contribution in [0.2, 0.25) is 0 Å². The van der Waals surface area contributed by atoms with Crippen LogP contribution in [-0.2, 0) is 22.4 Å². The molecule has 28 heavy (non-hydrogen) atoms. The van der Waals surface area contributed by atoms with E-state index in [9.17, 15) is 34.8 Å². The van der Waals surface area contributed by atoms with E-state index < -0.39 is 45.8 Å². The van der Waals surface area contributed by atoms with E-state index in [0.717, 1.165) is 12.2 Å². The first-order valence-electron chi connectivity index (χ1n) is 7.88. The highest BCUT2D eigenvalue weighted by Gasteiger charge is 2.21. The summed E-state index contributed by atoms with van der Waals surface area (Å²) < 4.78 is 0. The number of phenolic OH excluding ortho intramolecular Hbond substituents is 3. The molecular formula is C19H16O9. The molecule has 0 saturated heterocycles.